The summed E-state index contributed by atoms with van der Waals surface area (Å²) >= 11 is 0. The first-order valence-electron chi connectivity index (χ1n) is 10.9. The normalized spacial score (nSPS) is 11.4. The Morgan fingerprint density at radius 3 is 2.42 bits per heavy atom. The number of rotatable bonds is 10. The molecular formula is C25H29N3O4S. The third kappa shape index (κ3) is 6.18. The van der Waals surface area contributed by atoms with Gasteiger partial charge in [-0.3, -0.25) is 4.79 Å². The molecule has 0 radical (unpaired) electrons. The van der Waals surface area contributed by atoms with Gasteiger partial charge in [-0.05, 0) is 41.8 Å². The third-order valence-corrected chi connectivity index (χ3v) is 7.32. The maximum atomic E-state index is 12.9. The standard InChI is InChI=1S/C25H29N3O4S/c1-4-28(5-2)33(30,31)22-12-11-19(3)23(16-22)25(29)27-17-21-13-14-26-24(15-21)32-18-20-9-7-6-8-10-20/h6-16H,4-5,17-18H2,1-3H3,(H,27,29). The van der Waals surface area contributed by atoms with Gasteiger partial charge in [0.2, 0.25) is 15.9 Å². The van der Waals surface area contributed by atoms with E-state index in [0.717, 1.165) is 11.1 Å². The maximum Gasteiger partial charge on any atom is 0.251 e. The van der Waals surface area contributed by atoms with Crippen LogP contribution >= 0.6 is 0 Å². The van der Waals surface area contributed by atoms with Crippen LogP contribution in [0.25, 0.3) is 0 Å². The van der Waals surface area contributed by atoms with Crippen molar-refractivity contribution in [2.45, 2.75) is 38.8 Å². The summed E-state index contributed by atoms with van der Waals surface area (Å²) < 4.78 is 32.8. The number of nitrogens with one attached hydrogen (secondary N) is 1. The number of aryl methyl sites for hydroxylation is 1. The van der Waals surface area contributed by atoms with Crippen molar-refractivity contribution >= 4 is 15.9 Å². The van der Waals surface area contributed by atoms with E-state index in [1.54, 1.807) is 51.2 Å². The zero-order valence-electron chi connectivity index (χ0n) is 19.1. The first-order valence-corrected chi connectivity index (χ1v) is 12.3. The molecule has 1 amide bonds. The van der Waals surface area contributed by atoms with Crippen LogP contribution in [0.1, 0.15) is 40.9 Å². The first kappa shape index (κ1) is 24.4. The van der Waals surface area contributed by atoms with Crippen molar-refractivity contribution in [3.05, 3.63) is 89.1 Å². The maximum absolute atomic E-state index is 12.9. The van der Waals surface area contributed by atoms with Gasteiger partial charge in [0, 0.05) is 37.5 Å². The van der Waals surface area contributed by atoms with Crippen molar-refractivity contribution < 1.29 is 17.9 Å². The zero-order valence-corrected chi connectivity index (χ0v) is 19.9. The number of amides is 1. The van der Waals surface area contributed by atoms with E-state index in [0.29, 0.717) is 36.7 Å². The van der Waals surface area contributed by atoms with Crippen LogP contribution in [-0.2, 0) is 23.2 Å². The van der Waals surface area contributed by atoms with Gasteiger partial charge in [0.25, 0.3) is 5.91 Å². The van der Waals surface area contributed by atoms with E-state index in [-0.39, 0.29) is 17.3 Å². The Labute approximate surface area is 195 Å². The van der Waals surface area contributed by atoms with Crippen LogP contribution in [0.3, 0.4) is 0 Å². The molecule has 0 aliphatic carbocycles. The number of hydrogen-bond acceptors (Lipinski definition) is 5. The van der Waals surface area contributed by atoms with E-state index < -0.39 is 10.0 Å². The Morgan fingerprint density at radius 2 is 1.73 bits per heavy atom. The van der Waals surface area contributed by atoms with Crippen LogP contribution in [0.5, 0.6) is 5.88 Å². The molecule has 33 heavy (non-hydrogen) atoms. The summed E-state index contributed by atoms with van der Waals surface area (Å²) in [5.41, 5.74) is 2.89. The minimum Gasteiger partial charge on any atom is -0.473 e. The molecular weight excluding hydrogens is 438 g/mol. The second-order valence-electron chi connectivity index (χ2n) is 7.53. The molecule has 8 heteroatoms. The highest BCUT2D eigenvalue weighted by atomic mass is 32.2. The predicted octanol–water partition coefficient (Wildman–Crippen LogP) is 3.93. The minimum absolute atomic E-state index is 0.113. The lowest BCUT2D eigenvalue weighted by Crippen LogP contribution is -2.31. The monoisotopic (exact) mass is 467 g/mol. The number of pyridine rings is 1. The van der Waals surface area contributed by atoms with E-state index in [4.69, 9.17) is 4.74 Å². The number of carbonyl (C=O) groups excluding carboxylic acids is 1. The summed E-state index contributed by atoms with van der Waals surface area (Å²) in [6, 6.07) is 18.0. The quantitative estimate of drug-likeness (QED) is 0.488. The lowest BCUT2D eigenvalue weighted by molar-refractivity contribution is 0.0950. The molecule has 3 aromatic rings. The SMILES string of the molecule is CCN(CC)S(=O)(=O)c1ccc(C)c(C(=O)NCc2ccnc(OCc3ccccc3)c2)c1. The zero-order chi connectivity index (χ0) is 23.8. The van der Waals surface area contributed by atoms with E-state index >= 15 is 0 Å². The Morgan fingerprint density at radius 1 is 1.00 bits per heavy atom. The van der Waals surface area contributed by atoms with Crippen LogP contribution in [0.4, 0.5) is 0 Å². The van der Waals surface area contributed by atoms with Gasteiger partial charge in [-0.2, -0.15) is 4.31 Å². The molecule has 1 heterocycles. The van der Waals surface area contributed by atoms with Crippen molar-refractivity contribution in [3.8, 4) is 5.88 Å². The highest BCUT2D eigenvalue weighted by molar-refractivity contribution is 7.89. The number of carbonyl (C=O) groups is 1. The largest absolute Gasteiger partial charge is 0.473 e. The molecule has 0 saturated carbocycles. The van der Waals surface area contributed by atoms with Gasteiger partial charge in [0.1, 0.15) is 6.61 Å². The summed E-state index contributed by atoms with van der Waals surface area (Å²) in [4.78, 5) is 17.2. The average molecular weight is 468 g/mol. The molecule has 0 aliphatic rings. The molecule has 2 aromatic carbocycles. The highest BCUT2D eigenvalue weighted by Gasteiger charge is 2.23. The number of sulfonamides is 1. The fourth-order valence-electron chi connectivity index (χ4n) is 3.37. The van der Waals surface area contributed by atoms with Gasteiger partial charge in [-0.1, -0.05) is 50.2 Å². The van der Waals surface area contributed by atoms with Crippen molar-refractivity contribution in [2.75, 3.05) is 13.1 Å². The van der Waals surface area contributed by atoms with Crippen molar-refractivity contribution in [3.63, 3.8) is 0 Å². The topological polar surface area (TPSA) is 88.6 Å². The van der Waals surface area contributed by atoms with E-state index in [9.17, 15) is 13.2 Å². The second-order valence-corrected chi connectivity index (χ2v) is 9.46. The summed E-state index contributed by atoms with van der Waals surface area (Å²) in [7, 11) is -3.65. The van der Waals surface area contributed by atoms with Crippen LogP contribution in [0, 0.1) is 6.92 Å². The second kappa shape index (κ2) is 11.1. The smallest absolute Gasteiger partial charge is 0.251 e. The Kier molecular flexibility index (Phi) is 8.19. The van der Waals surface area contributed by atoms with Crippen LogP contribution < -0.4 is 10.1 Å². The van der Waals surface area contributed by atoms with Crippen LogP contribution in [-0.4, -0.2) is 36.7 Å². The van der Waals surface area contributed by atoms with Gasteiger partial charge in [-0.15, -0.1) is 0 Å². The van der Waals surface area contributed by atoms with E-state index in [1.165, 1.54) is 10.4 Å². The summed E-state index contributed by atoms with van der Waals surface area (Å²) in [5, 5.41) is 2.86. The van der Waals surface area contributed by atoms with Crippen LogP contribution in [0.15, 0.2) is 71.8 Å². The number of hydrogen-bond donors (Lipinski definition) is 1. The van der Waals surface area contributed by atoms with Crippen molar-refractivity contribution in [1.82, 2.24) is 14.6 Å². The molecule has 3 rings (SSSR count). The molecule has 1 aromatic heterocycles. The number of ether oxygens (including phenoxy) is 1. The van der Waals surface area contributed by atoms with E-state index in [1.807, 2.05) is 30.3 Å². The molecule has 1 N–H and O–H groups in total. The number of benzene rings is 2. The molecule has 7 nitrogen and oxygen atoms in total. The Bertz CT molecular complexity index is 1190. The lowest BCUT2D eigenvalue weighted by atomic mass is 10.1. The fourth-order valence-corrected chi connectivity index (χ4v) is 4.85. The van der Waals surface area contributed by atoms with Crippen LogP contribution in [0.2, 0.25) is 0 Å². The number of aromatic nitrogens is 1. The number of nitrogens with zero attached hydrogens (tertiary/aromatic N) is 2. The molecule has 0 bridgehead atoms. The first-order chi connectivity index (χ1) is 15.8. The molecule has 0 saturated heterocycles. The fraction of sp³-hybridized carbons (Fsp3) is 0.280. The third-order valence-electron chi connectivity index (χ3n) is 5.28. The molecule has 0 fully saturated rings. The highest BCUT2D eigenvalue weighted by Crippen LogP contribution is 2.20. The lowest BCUT2D eigenvalue weighted by Gasteiger charge is -2.19. The minimum atomic E-state index is -3.65. The predicted molar refractivity (Wildman–Crippen MR) is 127 cm³/mol. The van der Waals surface area contributed by atoms with E-state index in [2.05, 4.69) is 10.3 Å². The van der Waals surface area contributed by atoms with Gasteiger partial charge in [-0.25, -0.2) is 13.4 Å². The average Bonchev–Trinajstić information content (AvgIpc) is 2.83. The Balaban J connectivity index is 1.68. The molecule has 0 aliphatic heterocycles. The van der Waals surface area contributed by atoms with Gasteiger partial charge >= 0.3 is 0 Å². The van der Waals surface area contributed by atoms with Crippen molar-refractivity contribution in [1.29, 1.82) is 0 Å². The molecule has 0 unspecified atom stereocenters. The molecule has 174 valence electrons. The summed E-state index contributed by atoms with van der Waals surface area (Å²) in [5.74, 6) is 0.127. The van der Waals surface area contributed by atoms with Crippen molar-refractivity contribution in [2.24, 2.45) is 0 Å². The molecule has 0 atom stereocenters. The van der Waals surface area contributed by atoms with Gasteiger partial charge in [0.15, 0.2) is 0 Å². The molecule has 0 spiro atoms. The Hall–Kier alpha value is -3.23. The van der Waals surface area contributed by atoms with Gasteiger partial charge in [0.05, 0.1) is 4.90 Å². The summed E-state index contributed by atoms with van der Waals surface area (Å²) in [6.45, 7) is 6.75. The van der Waals surface area contributed by atoms with Gasteiger partial charge < -0.3 is 10.1 Å². The summed E-state index contributed by atoms with van der Waals surface area (Å²) in [6.07, 6.45) is 1.63.